The van der Waals surface area contributed by atoms with E-state index in [9.17, 15) is 4.79 Å². The Labute approximate surface area is 146 Å². The second kappa shape index (κ2) is 6.78. The standard InChI is InChI=1S/C20H22N4O/c21-11-16-12-23(14-18(16)15-6-2-1-3-7-15)13-17-10-20(25)24-9-5-4-8-19(24)22-17/h1-10,16,18H,11-14,21H2/t16-,18+/m1/s1. The summed E-state index contributed by atoms with van der Waals surface area (Å²) < 4.78 is 1.57. The lowest BCUT2D eigenvalue weighted by molar-refractivity contribution is 0.313. The Kier molecular flexibility index (Phi) is 4.34. The fraction of sp³-hybridized carbons (Fsp3) is 0.300. The Morgan fingerprint density at radius 1 is 1.08 bits per heavy atom. The van der Waals surface area contributed by atoms with E-state index in [0.717, 1.165) is 18.8 Å². The van der Waals surface area contributed by atoms with Crippen LogP contribution in [-0.2, 0) is 6.54 Å². The molecule has 3 heterocycles. The van der Waals surface area contributed by atoms with E-state index < -0.39 is 0 Å². The van der Waals surface area contributed by atoms with Crippen molar-refractivity contribution in [2.45, 2.75) is 12.5 Å². The van der Waals surface area contributed by atoms with Crippen molar-refractivity contribution >= 4 is 5.65 Å². The molecule has 1 aliphatic rings. The maximum absolute atomic E-state index is 12.3. The van der Waals surface area contributed by atoms with Crippen LogP contribution in [0.3, 0.4) is 0 Å². The molecule has 1 aliphatic heterocycles. The van der Waals surface area contributed by atoms with Gasteiger partial charge in [0, 0.05) is 37.8 Å². The molecular formula is C20H22N4O. The van der Waals surface area contributed by atoms with Gasteiger partial charge in [-0.3, -0.25) is 14.1 Å². The molecule has 5 heteroatoms. The molecule has 5 nitrogen and oxygen atoms in total. The SMILES string of the molecule is NC[C@@H]1CN(Cc2cc(=O)n3ccccc3n2)C[C@H]1c1ccccc1. The van der Waals surface area contributed by atoms with Crippen molar-refractivity contribution in [3.05, 3.63) is 82.4 Å². The van der Waals surface area contributed by atoms with Crippen LogP contribution < -0.4 is 11.3 Å². The molecule has 2 aromatic heterocycles. The van der Waals surface area contributed by atoms with Crippen LogP contribution in [-0.4, -0.2) is 33.9 Å². The lowest BCUT2D eigenvalue weighted by Gasteiger charge is -2.16. The van der Waals surface area contributed by atoms with Crippen molar-refractivity contribution in [3.8, 4) is 0 Å². The Bertz CT molecular complexity index is 922. The third kappa shape index (κ3) is 3.21. The molecule has 1 fully saturated rings. The van der Waals surface area contributed by atoms with Crippen molar-refractivity contribution in [2.24, 2.45) is 11.7 Å². The van der Waals surface area contributed by atoms with Gasteiger partial charge in [-0.15, -0.1) is 0 Å². The van der Waals surface area contributed by atoms with E-state index in [-0.39, 0.29) is 5.56 Å². The summed E-state index contributed by atoms with van der Waals surface area (Å²) in [5.41, 5.74) is 8.84. The topological polar surface area (TPSA) is 63.6 Å². The average molecular weight is 334 g/mol. The number of pyridine rings is 1. The number of likely N-dealkylation sites (tertiary alicyclic amines) is 1. The highest BCUT2D eigenvalue weighted by molar-refractivity contribution is 5.38. The maximum atomic E-state index is 12.3. The van der Waals surface area contributed by atoms with E-state index in [1.54, 1.807) is 16.7 Å². The second-order valence-electron chi connectivity index (χ2n) is 6.72. The van der Waals surface area contributed by atoms with Crippen LogP contribution in [0.2, 0.25) is 0 Å². The Morgan fingerprint density at radius 3 is 2.68 bits per heavy atom. The number of rotatable bonds is 4. The predicted molar refractivity (Wildman–Crippen MR) is 98.5 cm³/mol. The zero-order valence-electron chi connectivity index (χ0n) is 14.1. The molecule has 4 rings (SSSR count). The van der Waals surface area contributed by atoms with Crippen LogP contribution in [0.25, 0.3) is 5.65 Å². The van der Waals surface area contributed by atoms with Crippen LogP contribution in [0.15, 0.2) is 65.6 Å². The number of nitrogens with zero attached hydrogens (tertiary/aromatic N) is 3. The lowest BCUT2D eigenvalue weighted by Crippen LogP contribution is -2.25. The molecule has 2 N–H and O–H groups in total. The first-order valence-electron chi connectivity index (χ1n) is 8.69. The monoisotopic (exact) mass is 334 g/mol. The molecule has 3 aromatic rings. The van der Waals surface area contributed by atoms with Crippen molar-refractivity contribution in [1.82, 2.24) is 14.3 Å². The molecule has 0 spiro atoms. The average Bonchev–Trinajstić information content (AvgIpc) is 3.05. The molecule has 0 saturated carbocycles. The molecule has 1 saturated heterocycles. The minimum absolute atomic E-state index is 0.0326. The third-order valence-electron chi connectivity index (χ3n) is 5.06. The van der Waals surface area contributed by atoms with Crippen LogP contribution in [0.1, 0.15) is 17.2 Å². The summed E-state index contributed by atoms with van der Waals surface area (Å²) >= 11 is 0. The Morgan fingerprint density at radius 2 is 1.88 bits per heavy atom. The van der Waals surface area contributed by atoms with E-state index in [1.165, 1.54) is 5.56 Å². The number of hydrogen-bond donors (Lipinski definition) is 1. The summed E-state index contributed by atoms with van der Waals surface area (Å²) in [7, 11) is 0. The number of hydrogen-bond acceptors (Lipinski definition) is 4. The quantitative estimate of drug-likeness (QED) is 0.791. The number of fused-ring (bicyclic) bond motifs is 1. The minimum atomic E-state index is -0.0326. The lowest BCUT2D eigenvalue weighted by atomic mass is 9.89. The van der Waals surface area contributed by atoms with E-state index >= 15 is 0 Å². The van der Waals surface area contributed by atoms with Gasteiger partial charge in [0.05, 0.1) is 5.69 Å². The molecule has 0 bridgehead atoms. The second-order valence-corrected chi connectivity index (χ2v) is 6.72. The van der Waals surface area contributed by atoms with E-state index in [4.69, 9.17) is 5.73 Å². The molecule has 0 amide bonds. The van der Waals surface area contributed by atoms with Gasteiger partial charge in [-0.1, -0.05) is 36.4 Å². The number of nitrogens with two attached hydrogens (primary N) is 1. The summed E-state index contributed by atoms with van der Waals surface area (Å²) in [6.07, 6.45) is 1.75. The number of aromatic nitrogens is 2. The van der Waals surface area contributed by atoms with Crippen molar-refractivity contribution in [2.75, 3.05) is 19.6 Å². The van der Waals surface area contributed by atoms with E-state index in [0.29, 0.717) is 30.6 Å². The fourth-order valence-electron chi connectivity index (χ4n) is 3.82. The first kappa shape index (κ1) is 16.0. The highest BCUT2D eigenvalue weighted by Gasteiger charge is 2.32. The van der Waals surface area contributed by atoms with Gasteiger partial charge < -0.3 is 5.73 Å². The van der Waals surface area contributed by atoms with Gasteiger partial charge >= 0.3 is 0 Å². The van der Waals surface area contributed by atoms with E-state index in [1.807, 2.05) is 24.3 Å². The van der Waals surface area contributed by atoms with Gasteiger partial charge in [-0.2, -0.15) is 0 Å². The summed E-state index contributed by atoms with van der Waals surface area (Å²) in [5, 5.41) is 0. The Hall–Kier alpha value is -2.50. The molecule has 128 valence electrons. The largest absolute Gasteiger partial charge is 0.330 e. The summed E-state index contributed by atoms with van der Waals surface area (Å²) in [6, 6.07) is 17.8. The van der Waals surface area contributed by atoms with Gasteiger partial charge in [0.2, 0.25) is 0 Å². The van der Waals surface area contributed by atoms with Gasteiger partial charge in [0.1, 0.15) is 5.65 Å². The predicted octanol–water partition coefficient (Wildman–Crippen LogP) is 1.87. The first-order valence-corrected chi connectivity index (χ1v) is 8.69. The fourth-order valence-corrected chi connectivity index (χ4v) is 3.82. The molecule has 25 heavy (non-hydrogen) atoms. The molecule has 0 unspecified atom stereocenters. The first-order chi connectivity index (χ1) is 12.2. The summed E-state index contributed by atoms with van der Waals surface area (Å²) in [5.74, 6) is 0.872. The van der Waals surface area contributed by atoms with Crippen LogP contribution >= 0.6 is 0 Å². The number of benzene rings is 1. The smallest absolute Gasteiger partial charge is 0.258 e. The molecular weight excluding hydrogens is 312 g/mol. The van der Waals surface area contributed by atoms with E-state index in [2.05, 4.69) is 34.1 Å². The van der Waals surface area contributed by atoms with Gasteiger partial charge in [0.15, 0.2) is 0 Å². The van der Waals surface area contributed by atoms with Gasteiger partial charge in [0.25, 0.3) is 5.56 Å². The third-order valence-corrected chi connectivity index (χ3v) is 5.06. The molecule has 1 aromatic carbocycles. The molecule has 0 radical (unpaired) electrons. The highest BCUT2D eigenvalue weighted by atomic mass is 16.1. The summed E-state index contributed by atoms with van der Waals surface area (Å²) in [4.78, 5) is 19.3. The molecule has 0 aliphatic carbocycles. The van der Waals surface area contributed by atoms with Crippen molar-refractivity contribution in [3.63, 3.8) is 0 Å². The zero-order valence-corrected chi connectivity index (χ0v) is 14.1. The van der Waals surface area contributed by atoms with Crippen LogP contribution in [0.5, 0.6) is 0 Å². The normalized spacial score (nSPS) is 21.0. The van der Waals surface area contributed by atoms with Gasteiger partial charge in [-0.05, 0) is 30.2 Å². The highest BCUT2D eigenvalue weighted by Crippen LogP contribution is 2.32. The van der Waals surface area contributed by atoms with Crippen LogP contribution in [0.4, 0.5) is 0 Å². The van der Waals surface area contributed by atoms with Crippen molar-refractivity contribution in [1.29, 1.82) is 0 Å². The molecule has 2 atom stereocenters. The van der Waals surface area contributed by atoms with Crippen LogP contribution in [0, 0.1) is 5.92 Å². The summed E-state index contributed by atoms with van der Waals surface area (Å²) in [6.45, 7) is 3.23. The maximum Gasteiger partial charge on any atom is 0.258 e. The van der Waals surface area contributed by atoms with Crippen molar-refractivity contribution < 1.29 is 0 Å². The Balaban J connectivity index is 1.56. The van der Waals surface area contributed by atoms with Gasteiger partial charge in [-0.25, -0.2) is 4.98 Å². The minimum Gasteiger partial charge on any atom is -0.330 e. The zero-order chi connectivity index (χ0) is 17.2.